The van der Waals surface area contributed by atoms with Gasteiger partial charge in [0.05, 0.1) is 12.4 Å². The third-order valence-electron chi connectivity index (χ3n) is 2.53. The lowest BCUT2D eigenvalue weighted by molar-refractivity contribution is 0.199. The third-order valence-corrected chi connectivity index (χ3v) is 3.98. The van der Waals surface area contributed by atoms with Crippen LogP contribution in [0.3, 0.4) is 0 Å². The second kappa shape index (κ2) is 5.49. The van der Waals surface area contributed by atoms with Crippen molar-refractivity contribution in [3.05, 3.63) is 29.3 Å². The minimum Gasteiger partial charge on any atom is -0.493 e. The second-order valence-electron chi connectivity index (χ2n) is 5.41. The molecule has 0 aliphatic carbocycles. The van der Waals surface area contributed by atoms with Crippen molar-refractivity contribution >= 4 is 19.7 Å². The van der Waals surface area contributed by atoms with E-state index in [1.807, 2.05) is 45.9 Å². The summed E-state index contributed by atoms with van der Waals surface area (Å²) in [6, 6.07) is 5.94. The molecule has 0 amide bonds. The van der Waals surface area contributed by atoms with Gasteiger partial charge in [-0.15, -0.1) is 0 Å². The molecular weight excluding hydrogens is 272 g/mol. The lowest BCUT2D eigenvalue weighted by Gasteiger charge is -2.23. The monoisotopic (exact) mass is 290 g/mol. The molecule has 0 aromatic heterocycles. The maximum Gasteiger partial charge on any atom is 0.233 e. The van der Waals surface area contributed by atoms with E-state index >= 15 is 0 Å². The Labute approximate surface area is 114 Å². The van der Waals surface area contributed by atoms with Gasteiger partial charge in [0.2, 0.25) is 9.05 Å². The summed E-state index contributed by atoms with van der Waals surface area (Å²) in [4.78, 5) is 0. The van der Waals surface area contributed by atoms with Crippen LogP contribution in [0.15, 0.2) is 18.2 Å². The molecule has 0 saturated heterocycles. The number of hydrogen-bond donors (Lipinski definition) is 0. The molecule has 0 fully saturated rings. The van der Waals surface area contributed by atoms with Crippen LogP contribution in [0.4, 0.5) is 0 Å². The van der Waals surface area contributed by atoms with Gasteiger partial charge in [0.15, 0.2) is 0 Å². The maximum atomic E-state index is 11.1. The Balaban J connectivity index is 2.72. The van der Waals surface area contributed by atoms with Crippen LogP contribution in [0.1, 0.15) is 25.0 Å². The normalized spacial score (nSPS) is 12.5. The van der Waals surface area contributed by atoms with Gasteiger partial charge in [-0.3, -0.25) is 0 Å². The van der Waals surface area contributed by atoms with Gasteiger partial charge >= 0.3 is 0 Å². The standard InChI is InChI=1S/C13H19ClO3S/c1-10-5-6-11(2)12(7-10)17-8-13(3,4)9-18(14,15)16/h5-7H,8-9H2,1-4H3. The SMILES string of the molecule is Cc1ccc(C)c(OCC(C)(C)CS(=O)(=O)Cl)c1. The van der Waals surface area contributed by atoms with Crippen LogP contribution in [0, 0.1) is 19.3 Å². The molecule has 0 spiro atoms. The molecule has 0 aliphatic rings. The molecule has 5 heteroatoms. The van der Waals surface area contributed by atoms with Crippen molar-refractivity contribution in [2.24, 2.45) is 5.41 Å². The highest BCUT2D eigenvalue weighted by Crippen LogP contribution is 2.25. The average Bonchev–Trinajstić information content (AvgIpc) is 2.16. The fourth-order valence-electron chi connectivity index (χ4n) is 1.64. The van der Waals surface area contributed by atoms with Crippen molar-refractivity contribution < 1.29 is 13.2 Å². The first kappa shape index (κ1) is 15.3. The van der Waals surface area contributed by atoms with Gasteiger partial charge in [-0.2, -0.15) is 0 Å². The fraction of sp³-hybridized carbons (Fsp3) is 0.538. The average molecular weight is 291 g/mol. The molecule has 0 unspecified atom stereocenters. The largest absolute Gasteiger partial charge is 0.493 e. The summed E-state index contributed by atoms with van der Waals surface area (Å²) in [5.41, 5.74) is 1.63. The highest BCUT2D eigenvalue weighted by molar-refractivity contribution is 8.13. The molecule has 1 aromatic carbocycles. The van der Waals surface area contributed by atoms with E-state index < -0.39 is 14.5 Å². The molecule has 0 atom stereocenters. The molecule has 1 aromatic rings. The minimum atomic E-state index is -3.51. The van der Waals surface area contributed by atoms with E-state index in [0.717, 1.165) is 16.9 Å². The van der Waals surface area contributed by atoms with Crippen LogP contribution >= 0.6 is 10.7 Å². The van der Waals surface area contributed by atoms with Gasteiger partial charge in [0.25, 0.3) is 0 Å². The number of benzene rings is 1. The van der Waals surface area contributed by atoms with Gasteiger partial charge in [-0.05, 0) is 31.0 Å². The van der Waals surface area contributed by atoms with Crippen LogP contribution in [0.25, 0.3) is 0 Å². The van der Waals surface area contributed by atoms with E-state index in [9.17, 15) is 8.42 Å². The van der Waals surface area contributed by atoms with Crippen LogP contribution < -0.4 is 4.74 Å². The lowest BCUT2D eigenvalue weighted by atomic mass is 9.98. The second-order valence-corrected chi connectivity index (χ2v) is 8.18. The molecule has 0 N–H and O–H groups in total. The van der Waals surface area contributed by atoms with Gasteiger partial charge in [-0.25, -0.2) is 8.42 Å². The lowest BCUT2D eigenvalue weighted by Crippen LogP contribution is -2.28. The fourth-order valence-corrected chi connectivity index (χ4v) is 3.55. The summed E-state index contributed by atoms with van der Waals surface area (Å²) in [5.74, 6) is 0.682. The first-order chi connectivity index (χ1) is 8.09. The number of rotatable bonds is 5. The predicted octanol–water partition coefficient (Wildman–Crippen LogP) is 3.28. The summed E-state index contributed by atoms with van der Waals surface area (Å²) in [6.45, 7) is 7.89. The van der Waals surface area contributed by atoms with Gasteiger partial charge in [-0.1, -0.05) is 26.0 Å². The Morgan fingerprint density at radius 3 is 2.44 bits per heavy atom. The third kappa shape index (κ3) is 5.27. The number of aryl methyl sites for hydroxylation is 2. The topological polar surface area (TPSA) is 43.4 Å². The van der Waals surface area contributed by atoms with Crippen LogP contribution in [-0.4, -0.2) is 20.8 Å². The first-order valence-electron chi connectivity index (χ1n) is 5.71. The molecule has 0 bridgehead atoms. The zero-order chi connectivity index (χ0) is 14.0. The van der Waals surface area contributed by atoms with Crippen molar-refractivity contribution in [2.45, 2.75) is 27.7 Å². The van der Waals surface area contributed by atoms with E-state index in [4.69, 9.17) is 15.4 Å². The number of halogens is 1. The predicted molar refractivity (Wildman–Crippen MR) is 74.8 cm³/mol. The van der Waals surface area contributed by atoms with Crippen molar-refractivity contribution in [3.63, 3.8) is 0 Å². The first-order valence-corrected chi connectivity index (χ1v) is 8.19. The van der Waals surface area contributed by atoms with E-state index in [1.165, 1.54) is 0 Å². The molecule has 0 saturated carbocycles. The van der Waals surface area contributed by atoms with Crippen molar-refractivity contribution in [1.82, 2.24) is 0 Å². The number of hydrogen-bond acceptors (Lipinski definition) is 3. The zero-order valence-corrected chi connectivity index (χ0v) is 12.7. The summed E-state index contributed by atoms with van der Waals surface area (Å²) in [6.07, 6.45) is 0. The molecule has 102 valence electrons. The Morgan fingerprint density at radius 1 is 1.28 bits per heavy atom. The van der Waals surface area contributed by atoms with Crippen molar-refractivity contribution in [1.29, 1.82) is 0 Å². The van der Waals surface area contributed by atoms with Crippen LogP contribution in [0.5, 0.6) is 5.75 Å². The summed E-state index contributed by atoms with van der Waals surface area (Å²) >= 11 is 0. The molecule has 3 nitrogen and oxygen atoms in total. The Hall–Kier alpha value is -0.740. The van der Waals surface area contributed by atoms with Gasteiger partial charge < -0.3 is 4.74 Å². The van der Waals surface area contributed by atoms with E-state index in [-0.39, 0.29) is 5.75 Å². The van der Waals surface area contributed by atoms with E-state index in [2.05, 4.69) is 0 Å². The Morgan fingerprint density at radius 2 is 1.89 bits per heavy atom. The van der Waals surface area contributed by atoms with Gasteiger partial charge in [0, 0.05) is 16.1 Å². The van der Waals surface area contributed by atoms with Crippen molar-refractivity contribution in [2.75, 3.05) is 12.4 Å². The van der Waals surface area contributed by atoms with Gasteiger partial charge in [0.1, 0.15) is 5.75 Å². The smallest absolute Gasteiger partial charge is 0.233 e. The quantitative estimate of drug-likeness (QED) is 0.782. The summed E-state index contributed by atoms with van der Waals surface area (Å²) < 4.78 is 27.9. The Bertz CT molecular complexity index is 521. The minimum absolute atomic E-state index is 0.105. The van der Waals surface area contributed by atoms with E-state index in [0.29, 0.717) is 6.61 Å². The molecule has 0 heterocycles. The molecule has 18 heavy (non-hydrogen) atoms. The zero-order valence-electron chi connectivity index (χ0n) is 11.2. The molecular formula is C13H19ClO3S. The van der Waals surface area contributed by atoms with Crippen LogP contribution in [-0.2, 0) is 9.05 Å². The molecule has 0 aliphatic heterocycles. The van der Waals surface area contributed by atoms with E-state index in [1.54, 1.807) is 0 Å². The summed E-state index contributed by atoms with van der Waals surface area (Å²) in [7, 11) is 1.76. The molecule has 1 rings (SSSR count). The highest BCUT2D eigenvalue weighted by atomic mass is 35.7. The van der Waals surface area contributed by atoms with Crippen LogP contribution in [0.2, 0.25) is 0 Å². The number of ether oxygens (including phenoxy) is 1. The Kier molecular flexibility index (Phi) is 4.67. The van der Waals surface area contributed by atoms with Crippen molar-refractivity contribution in [3.8, 4) is 5.75 Å². The molecule has 0 radical (unpaired) electrons. The maximum absolute atomic E-state index is 11.1. The highest BCUT2D eigenvalue weighted by Gasteiger charge is 2.26. The summed E-state index contributed by atoms with van der Waals surface area (Å²) in [5, 5.41) is 0.